The van der Waals surface area contributed by atoms with Crippen LogP contribution in [0.3, 0.4) is 0 Å². The molecular weight excluding hydrogens is 310 g/mol. The molecule has 0 unspecified atom stereocenters. The Bertz CT molecular complexity index is 620. The summed E-state index contributed by atoms with van der Waals surface area (Å²) in [5, 5.41) is 5.10. The van der Waals surface area contributed by atoms with Gasteiger partial charge in [0.25, 0.3) is 0 Å². The Labute approximate surface area is 141 Å². The lowest BCUT2D eigenvalue weighted by Gasteiger charge is -2.48. The highest BCUT2D eigenvalue weighted by Crippen LogP contribution is 2.31. The lowest BCUT2D eigenvalue weighted by atomic mass is 9.86. The van der Waals surface area contributed by atoms with Crippen molar-refractivity contribution >= 4 is 17.9 Å². The minimum Gasteiger partial charge on any atom is -0.445 e. The molecule has 1 saturated heterocycles. The van der Waals surface area contributed by atoms with Crippen LogP contribution in [0.5, 0.6) is 0 Å². The molecule has 0 aromatic heterocycles. The molecule has 24 heavy (non-hydrogen) atoms. The van der Waals surface area contributed by atoms with Crippen LogP contribution >= 0.6 is 0 Å². The fourth-order valence-corrected chi connectivity index (χ4v) is 2.52. The van der Waals surface area contributed by atoms with Crippen molar-refractivity contribution in [1.29, 1.82) is 0 Å². The Morgan fingerprint density at radius 3 is 2.50 bits per heavy atom. The minimum atomic E-state index is -0.990. The van der Waals surface area contributed by atoms with Gasteiger partial charge in [-0.15, -0.1) is 0 Å². The number of carbonyl (C=O) groups is 3. The van der Waals surface area contributed by atoms with Gasteiger partial charge in [-0.2, -0.15) is 0 Å². The average Bonchev–Trinajstić information content (AvgIpc) is 2.58. The molecule has 0 saturated carbocycles. The molecule has 130 valence electrons. The van der Waals surface area contributed by atoms with Gasteiger partial charge < -0.3 is 15.4 Å². The highest BCUT2D eigenvalue weighted by Gasteiger charge is 2.50. The quantitative estimate of drug-likeness (QED) is 0.843. The largest absolute Gasteiger partial charge is 0.445 e. The zero-order valence-electron chi connectivity index (χ0n) is 14.2. The summed E-state index contributed by atoms with van der Waals surface area (Å²) >= 11 is 0. The molecular formula is C17H23N3O4. The summed E-state index contributed by atoms with van der Waals surface area (Å²) in [7, 11) is 1.50. The van der Waals surface area contributed by atoms with E-state index in [9.17, 15) is 14.4 Å². The molecule has 2 rings (SSSR count). The van der Waals surface area contributed by atoms with Crippen molar-refractivity contribution in [2.45, 2.75) is 38.5 Å². The molecule has 2 N–H and O–H groups in total. The van der Waals surface area contributed by atoms with Crippen LogP contribution in [0.1, 0.15) is 25.8 Å². The number of hydrogen-bond donors (Lipinski definition) is 2. The lowest BCUT2D eigenvalue weighted by Crippen LogP contribution is -2.68. The number of nitrogens with zero attached hydrogens (tertiary/aromatic N) is 1. The second-order valence-corrected chi connectivity index (χ2v) is 6.03. The van der Waals surface area contributed by atoms with E-state index in [2.05, 4.69) is 10.6 Å². The lowest BCUT2D eigenvalue weighted by molar-refractivity contribution is -0.141. The molecule has 1 aromatic carbocycles. The summed E-state index contributed by atoms with van der Waals surface area (Å²) in [6.45, 7) is 3.87. The van der Waals surface area contributed by atoms with Gasteiger partial charge in [0.15, 0.2) is 0 Å². The molecule has 0 bridgehead atoms. The first-order valence-corrected chi connectivity index (χ1v) is 7.89. The number of likely N-dealkylation sites (N-methyl/N-ethyl adjacent to an activating group) is 1. The second-order valence-electron chi connectivity index (χ2n) is 6.03. The molecule has 1 aliphatic heterocycles. The maximum Gasteiger partial charge on any atom is 0.410 e. The predicted molar refractivity (Wildman–Crippen MR) is 88.0 cm³/mol. The summed E-state index contributed by atoms with van der Waals surface area (Å²) in [5.41, 5.74) is -0.110. The number of carbonyl (C=O) groups excluding carboxylic acids is 3. The molecule has 1 heterocycles. The fraction of sp³-hybridized carbons (Fsp3) is 0.471. The van der Waals surface area contributed by atoms with Gasteiger partial charge in [-0.25, -0.2) is 4.79 Å². The highest BCUT2D eigenvalue weighted by molar-refractivity contribution is 5.94. The van der Waals surface area contributed by atoms with Crippen LogP contribution in [0.25, 0.3) is 0 Å². The zero-order valence-corrected chi connectivity index (χ0v) is 14.2. The van der Waals surface area contributed by atoms with E-state index >= 15 is 0 Å². The molecule has 3 amide bonds. The van der Waals surface area contributed by atoms with Gasteiger partial charge in [-0.3, -0.25) is 14.5 Å². The van der Waals surface area contributed by atoms with Crippen molar-refractivity contribution in [2.75, 3.05) is 13.6 Å². The van der Waals surface area contributed by atoms with Crippen LogP contribution in [0.15, 0.2) is 30.3 Å². The summed E-state index contributed by atoms with van der Waals surface area (Å²) < 4.78 is 5.28. The monoisotopic (exact) mass is 333 g/mol. The number of nitrogens with one attached hydrogen (secondary N) is 2. The van der Waals surface area contributed by atoms with E-state index in [1.807, 2.05) is 30.3 Å². The number of amides is 3. The van der Waals surface area contributed by atoms with E-state index in [1.165, 1.54) is 11.9 Å². The maximum atomic E-state index is 12.4. The summed E-state index contributed by atoms with van der Waals surface area (Å²) in [6, 6.07) is 8.67. The summed E-state index contributed by atoms with van der Waals surface area (Å²) in [5.74, 6) is -0.647. The van der Waals surface area contributed by atoms with Crippen LogP contribution in [-0.2, 0) is 20.9 Å². The first-order chi connectivity index (χ1) is 11.4. The van der Waals surface area contributed by atoms with Gasteiger partial charge in [0.05, 0.1) is 0 Å². The molecule has 7 nitrogen and oxygen atoms in total. The molecule has 1 aliphatic rings. The third kappa shape index (κ3) is 3.67. The van der Waals surface area contributed by atoms with E-state index in [0.29, 0.717) is 13.0 Å². The Morgan fingerprint density at radius 2 is 1.96 bits per heavy atom. The minimum absolute atomic E-state index is 0.155. The van der Waals surface area contributed by atoms with Gasteiger partial charge in [0, 0.05) is 13.6 Å². The Balaban J connectivity index is 1.92. The topological polar surface area (TPSA) is 87.7 Å². The van der Waals surface area contributed by atoms with Crippen LogP contribution in [0.2, 0.25) is 0 Å². The first-order valence-electron chi connectivity index (χ1n) is 7.89. The number of likely N-dealkylation sites (tertiary alicyclic amines) is 1. The number of ether oxygens (including phenoxy) is 1. The SMILES string of the molecule is CNC(=O)[C@H](C)NC(=O)[C@]1(C)CCN1C(=O)OCc1ccccc1. The van der Waals surface area contributed by atoms with E-state index < -0.39 is 17.7 Å². The molecule has 2 atom stereocenters. The van der Waals surface area contributed by atoms with Crippen LogP contribution in [0, 0.1) is 0 Å². The van der Waals surface area contributed by atoms with Gasteiger partial charge >= 0.3 is 6.09 Å². The number of hydrogen-bond acceptors (Lipinski definition) is 4. The third-order valence-electron chi connectivity index (χ3n) is 4.32. The average molecular weight is 333 g/mol. The molecule has 7 heteroatoms. The number of rotatable bonds is 5. The van der Waals surface area contributed by atoms with Crippen molar-refractivity contribution in [1.82, 2.24) is 15.5 Å². The van der Waals surface area contributed by atoms with Crippen molar-refractivity contribution in [2.24, 2.45) is 0 Å². The van der Waals surface area contributed by atoms with Gasteiger partial charge in [0.1, 0.15) is 18.2 Å². The highest BCUT2D eigenvalue weighted by atomic mass is 16.6. The maximum absolute atomic E-state index is 12.4. The molecule has 1 fully saturated rings. The Morgan fingerprint density at radius 1 is 1.29 bits per heavy atom. The molecule has 1 aromatic rings. The summed E-state index contributed by atoms with van der Waals surface area (Å²) in [6.07, 6.45) is -0.00457. The van der Waals surface area contributed by atoms with Crippen molar-refractivity contribution in [3.63, 3.8) is 0 Å². The summed E-state index contributed by atoms with van der Waals surface area (Å²) in [4.78, 5) is 37.6. The predicted octanol–water partition coefficient (Wildman–Crippen LogP) is 1.04. The van der Waals surface area contributed by atoms with Crippen molar-refractivity contribution < 1.29 is 19.1 Å². The first kappa shape index (κ1) is 17.8. The van der Waals surface area contributed by atoms with E-state index in [1.54, 1.807) is 13.8 Å². The van der Waals surface area contributed by atoms with Crippen LogP contribution in [-0.4, -0.2) is 48.0 Å². The third-order valence-corrected chi connectivity index (χ3v) is 4.32. The van der Waals surface area contributed by atoms with Gasteiger partial charge in [-0.1, -0.05) is 30.3 Å². The van der Waals surface area contributed by atoms with E-state index in [0.717, 1.165) is 5.56 Å². The van der Waals surface area contributed by atoms with Crippen LogP contribution < -0.4 is 10.6 Å². The smallest absolute Gasteiger partial charge is 0.410 e. The standard InChI is InChI=1S/C17H23N3O4/c1-12(14(21)18-3)19-15(22)17(2)9-10-20(17)16(23)24-11-13-7-5-4-6-8-13/h4-8,12H,9-11H2,1-3H3,(H,18,21)(H,19,22)/t12-,17-/m0/s1. The normalized spacial score (nSPS) is 20.5. The van der Waals surface area contributed by atoms with Gasteiger partial charge in [0.2, 0.25) is 11.8 Å². The zero-order chi connectivity index (χ0) is 17.7. The second kappa shape index (κ2) is 7.33. The number of benzene rings is 1. The van der Waals surface area contributed by atoms with E-state index in [-0.39, 0.29) is 18.4 Å². The molecule has 0 aliphatic carbocycles. The van der Waals surface area contributed by atoms with Crippen molar-refractivity contribution in [3.05, 3.63) is 35.9 Å². The van der Waals surface area contributed by atoms with Crippen LogP contribution in [0.4, 0.5) is 4.79 Å². The Hall–Kier alpha value is -2.57. The van der Waals surface area contributed by atoms with E-state index in [4.69, 9.17) is 4.74 Å². The molecule has 0 spiro atoms. The Kier molecular flexibility index (Phi) is 5.43. The molecule has 0 radical (unpaired) electrons. The van der Waals surface area contributed by atoms with Crippen molar-refractivity contribution in [3.8, 4) is 0 Å². The fourth-order valence-electron chi connectivity index (χ4n) is 2.52. The van der Waals surface area contributed by atoms with Gasteiger partial charge in [-0.05, 0) is 25.8 Å².